The van der Waals surface area contributed by atoms with Crippen LogP contribution in [0.25, 0.3) is 22.0 Å². The molecule has 0 saturated carbocycles. The summed E-state index contributed by atoms with van der Waals surface area (Å²) in [6.07, 6.45) is 0. The van der Waals surface area contributed by atoms with Gasteiger partial charge in [0.2, 0.25) is 0 Å². The molecule has 0 bridgehead atoms. The fraction of sp³-hybridized carbons (Fsp3) is 0.0667. The molecule has 0 amide bonds. The molecule has 0 unspecified atom stereocenters. The smallest absolute Gasteiger partial charge is 0.134 e. The SMILES string of the molecule is Clc1ccc2nsnc2c1NCc1cc2ccccc2o1. The Bertz CT molecular complexity index is 898. The Kier molecular flexibility index (Phi) is 3.02. The molecule has 6 heteroatoms. The fourth-order valence-electron chi connectivity index (χ4n) is 2.29. The van der Waals surface area contributed by atoms with Crippen LogP contribution in [0.1, 0.15) is 5.76 Å². The Labute approximate surface area is 129 Å². The van der Waals surface area contributed by atoms with E-state index < -0.39 is 0 Å². The van der Waals surface area contributed by atoms with Crippen molar-refractivity contribution in [2.45, 2.75) is 6.54 Å². The highest BCUT2D eigenvalue weighted by molar-refractivity contribution is 7.00. The van der Waals surface area contributed by atoms with Crippen LogP contribution in [-0.2, 0) is 6.54 Å². The third kappa shape index (κ3) is 2.24. The first kappa shape index (κ1) is 12.6. The van der Waals surface area contributed by atoms with Crippen LogP contribution in [0.5, 0.6) is 0 Å². The lowest BCUT2D eigenvalue weighted by Crippen LogP contribution is -1.99. The molecule has 0 fully saturated rings. The summed E-state index contributed by atoms with van der Waals surface area (Å²) in [5.41, 5.74) is 3.32. The number of furan rings is 1. The van der Waals surface area contributed by atoms with Gasteiger partial charge in [-0.2, -0.15) is 8.75 Å². The number of anilines is 1. The molecule has 0 radical (unpaired) electrons. The highest BCUT2D eigenvalue weighted by Gasteiger charge is 2.10. The van der Waals surface area contributed by atoms with Crippen molar-refractivity contribution >= 4 is 51.0 Å². The predicted molar refractivity (Wildman–Crippen MR) is 86.0 cm³/mol. The maximum Gasteiger partial charge on any atom is 0.134 e. The minimum atomic E-state index is 0.547. The van der Waals surface area contributed by atoms with E-state index in [0.29, 0.717) is 11.6 Å². The number of rotatable bonds is 3. The second-order valence-corrected chi connectivity index (χ2v) is 5.59. The largest absolute Gasteiger partial charge is 0.459 e. The minimum absolute atomic E-state index is 0.547. The number of nitrogens with zero attached hydrogens (tertiary/aromatic N) is 2. The van der Waals surface area contributed by atoms with Crippen molar-refractivity contribution in [2.75, 3.05) is 5.32 Å². The number of hydrogen-bond donors (Lipinski definition) is 1. The monoisotopic (exact) mass is 315 g/mol. The third-order valence-corrected chi connectivity index (χ3v) is 4.15. The van der Waals surface area contributed by atoms with Crippen LogP contribution in [0.15, 0.2) is 46.9 Å². The molecule has 0 spiro atoms. The fourth-order valence-corrected chi connectivity index (χ4v) is 3.06. The maximum absolute atomic E-state index is 6.25. The molecule has 2 heterocycles. The molecule has 4 rings (SSSR count). The topological polar surface area (TPSA) is 51.0 Å². The number of benzene rings is 2. The van der Waals surface area contributed by atoms with Crippen molar-refractivity contribution in [3.05, 3.63) is 53.2 Å². The van der Waals surface area contributed by atoms with E-state index in [1.807, 2.05) is 42.5 Å². The van der Waals surface area contributed by atoms with E-state index in [-0.39, 0.29) is 0 Å². The zero-order valence-corrected chi connectivity index (χ0v) is 12.4. The maximum atomic E-state index is 6.25. The van der Waals surface area contributed by atoms with Crippen molar-refractivity contribution in [2.24, 2.45) is 0 Å². The zero-order valence-electron chi connectivity index (χ0n) is 10.8. The molecule has 4 aromatic rings. The molecule has 4 nitrogen and oxygen atoms in total. The molecule has 0 aliphatic rings. The molecular formula is C15H10ClN3OS. The molecule has 104 valence electrons. The lowest BCUT2D eigenvalue weighted by molar-refractivity contribution is 0.559. The highest BCUT2D eigenvalue weighted by atomic mass is 35.5. The van der Waals surface area contributed by atoms with Gasteiger partial charge in [0.05, 0.1) is 29.0 Å². The van der Waals surface area contributed by atoms with Gasteiger partial charge in [0.25, 0.3) is 0 Å². The van der Waals surface area contributed by atoms with Crippen LogP contribution in [0.3, 0.4) is 0 Å². The van der Waals surface area contributed by atoms with E-state index in [0.717, 1.165) is 33.5 Å². The van der Waals surface area contributed by atoms with Gasteiger partial charge in [-0.25, -0.2) is 0 Å². The summed E-state index contributed by atoms with van der Waals surface area (Å²) in [5.74, 6) is 0.854. The van der Waals surface area contributed by atoms with Crippen molar-refractivity contribution in [3.8, 4) is 0 Å². The molecule has 21 heavy (non-hydrogen) atoms. The Hall–Kier alpha value is -2.11. The second kappa shape index (κ2) is 5.02. The summed E-state index contributed by atoms with van der Waals surface area (Å²) in [5, 5.41) is 5.02. The number of nitrogens with one attached hydrogen (secondary N) is 1. The predicted octanol–water partition coefficient (Wildman–Crippen LogP) is 4.70. The number of fused-ring (bicyclic) bond motifs is 2. The van der Waals surface area contributed by atoms with Crippen molar-refractivity contribution in [3.63, 3.8) is 0 Å². The van der Waals surface area contributed by atoms with Gasteiger partial charge in [-0.15, -0.1) is 0 Å². The Morgan fingerprint density at radius 2 is 2.05 bits per heavy atom. The van der Waals surface area contributed by atoms with E-state index in [4.69, 9.17) is 16.0 Å². The van der Waals surface area contributed by atoms with Gasteiger partial charge < -0.3 is 9.73 Å². The van der Waals surface area contributed by atoms with Crippen molar-refractivity contribution < 1.29 is 4.42 Å². The first-order valence-corrected chi connectivity index (χ1v) is 7.54. The summed E-state index contributed by atoms with van der Waals surface area (Å²) in [6, 6.07) is 13.7. The van der Waals surface area contributed by atoms with Crippen molar-refractivity contribution in [1.82, 2.24) is 8.75 Å². The van der Waals surface area contributed by atoms with E-state index >= 15 is 0 Å². The molecule has 0 saturated heterocycles. The van der Waals surface area contributed by atoms with Crippen LogP contribution in [0.4, 0.5) is 5.69 Å². The Balaban J connectivity index is 1.66. The lowest BCUT2D eigenvalue weighted by atomic mass is 10.2. The number of halogens is 1. The molecule has 0 atom stereocenters. The number of hydrogen-bond acceptors (Lipinski definition) is 5. The summed E-state index contributed by atoms with van der Waals surface area (Å²) >= 11 is 7.43. The number of para-hydroxylation sites is 1. The van der Waals surface area contributed by atoms with Crippen LogP contribution in [0, 0.1) is 0 Å². The van der Waals surface area contributed by atoms with Crippen LogP contribution < -0.4 is 5.32 Å². The van der Waals surface area contributed by atoms with Gasteiger partial charge >= 0.3 is 0 Å². The van der Waals surface area contributed by atoms with Gasteiger partial charge in [0.15, 0.2) is 0 Å². The van der Waals surface area contributed by atoms with Crippen LogP contribution in [0.2, 0.25) is 5.02 Å². The molecule has 0 aliphatic heterocycles. The van der Waals surface area contributed by atoms with Gasteiger partial charge in [-0.1, -0.05) is 29.8 Å². The summed E-state index contributed by atoms with van der Waals surface area (Å²) < 4.78 is 14.3. The number of aromatic nitrogens is 2. The molecule has 0 aliphatic carbocycles. The molecular weight excluding hydrogens is 306 g/mol. The first-order valence-electron chi connectivity index (χ1n) is 6.43. The average molecular weight is 316 g/mol. The van der Waals surface area contributed by atoms with Crippen molar-refractivity contribution in [1.29, 1.82) is 0 Å². The standard InChI is InChI=1S/C15H10ClN3OS/c16-11-5-6-12-15(19-21-18-12)14(11)17-8-10-7-9-3-1-2-4-13(9)20-10/h1-7,17H,8H2. The van der Waals surface area contributed by atoms with Gasteiger partial charge in [-0.05, 0) is 24.3 Å². The van der Waals surface area contributed by atoms with Gasteiger partial charge in [0.1, 0.15) is 22.4 Å². The van der Waals surface area contributed by atoms with Gasteiger partial charge in [0, 0.05) is 5.39 Å². The van der Waals surface area contributed by atoms with E-state index in [9.17, 15) is 0 Å². The Morgan fingerprint density at radius 1 is 1.14 bits per heavy atom. The highest BCUT2D eigenvalue weighted by Crippen LogP contribution is 2.30. The summed E-state index contributed by atoms with van der Waals surface area (Å²) in [4.78, 5) is 0. The van der Waals surface area contributed by atoms with E-state index in [1.54, 1.807) is 0 Å². The molecule has 2 aromatic carbocycles. The van der Waals surface area contributed by atoms with Crippen LogP contribution >= 0.6 is 23.3 Å². The first-order chi connectivity index (χ1) is 10.3. The minimum Gasteiger partial charge on any atom is -0.459 e. The van der Waals surface area contributed by atoms with Gasteiger partial charge in [-0.3, -0.25) is 0 Å². The summed E-state index contributed by atoms with van der Waals surface area (Å²) in [6.45, 7) is 0.547. The molecule has 2 aromatic heterocycles. The van der Waals surface area contributed by atoms with E-state index in [2.05, 4.69) is 14.1 Å². The zero-order chi connectivity index (χ0) is 14.2. The average Bonchev–Trinajstić information content (AvgIpc) is 3.12. The third-order valence-electron chi connectivity index (χ3n) is 3.29. The van der Waals surface area contributed by atoms with Crippen LogP contribution in [-0.4, -0.2) is 8.75 Å². The second-order valence-electron chi connectivity index (χ2n) is 4.66. The normalized spacial score (nSPS) is 11.3. The van der Waals surface area contributed by atoms with E-state index in [1.165, 1.54) is 11.7 Å². The Morgan fingerprint density at radius 3 is 2.95 bits per heavy atom. The summed E-state index contributed by atoms with van der Waals surface area (Å²) in [7, 11) is 0. The molecule has 1 N–H and O–H groups in total. The quantitative estimate of drug-likeness (QED) is 0.595. The lowest BCUT2D eigenvalue weighted by Gasteiger charge is -2.06.